The van der Waals surface area contributed by atoms with Crippen molar-refractivity contribution in [2.24, 2.45) is 0 Å². The van der Waals surface area contributed by atoms with Gasteiger partial charge in [-0.15, -0.1) is 0 Å². The van der Waals surface area contributed by atoms with Crippen molar-refractivity contribution in [2.45, 2.75) is 67.9 Å². The van der Waals surface area contributed by atoms with Crippen molar-refractivity contribution in [3.8, 4) is 6.07 Å². The summed E-state index contributed by atoms with van der Waals surface area (Å²) in [6.07, 6.45) is 4.33. The van der Waals surface area contributed by atoms with Crippen molar-refractivity contribution in [1.29, 1.82) is 5.26 Å². The van der Waals surface area contributed by atoms with Crippen LogP contribution >= 0.6 is 11.8 Å². The molecule has 0 aliphatic heterocycles. The summed E-state index contributed by atoms with van der Waals surface area (Å²) < 4.78 is 6.85. The fraction of sp³-hybridized carbons (Fsp3) is 0.545. The van der Waals surface area contributed by atoms with Gasteiger partial charge in [-0.1, -0.05) is 43.2 Å². The van der Waals surface area contributed by atoms with Gasteiger partial charge < -0.3 is 10.1 Å². The number of nitriles is 1. The molecule has 30 heavy (non-hydrogen) atoms. The topological polar surface area (TPSA) is 97.0 Å². The molecule has 1 amide bonds. The second-order valence-corrected chi connectivity index (χ2v) is 9.20. The third-order valence-corrected chi connectivity index (χ3v) is 6.63. The number of carbonyl (C=O) groups excluding carboxylic acids is 1. The van der Waals surface area contributed by atoms with Crippen LogP contribution < -0.4 is 10.9 Å². The third-order valence-electron chi connectivity index (χ3n) is 5.56. The van der Waals surface area contributed by atoms with Crippen LogP contribution in [-0.2, 0) is 9.53 Å². The van der Waals surface area contributed by atoms with Crippen LogP contribution in [0.3, 0.4) is 0 Å². The van der Waals surface area contributed by atoms with Crippen LogP contribution in [0.15, 0.2) is 34.2 Å². The molecule has 0 spiro atoms. The second-order valence-electron chi connectivity index (χ2n) is 7.89. The maximum absolute atomic E-state index is 13.1. The lowest BCUT2D eigenvalue weighted by Gasteiger charge is -2.32. The standard InChI is InChI=1S/C22H28N4O3S/c1-15(13-29-3)26-20(28)17-9-5-6-10-18(17)24-21(26)30-16(2)19(27)25-22(14-23)11-7-4-8-12-22/h5-6,9-10,15-16H,4,7-8,11-13H2,1-3H3,(H,25,27)/t15-,16-/m0/s1. The number of benzene rings is 1. The average molecular weight is 429 g/mol. The van der Waals surface area contributed by atoms with E-state index in [1.807, 2.05) is 19.1 Å². The molecule has 1 aromatic carbocycles. The molecule has 0 unspecified atom stereocenters. The van der Waals surface area contributed by atoms with Crippen molar-refractivity contribution < 1.29 is 9.53 Å². The van der Waals surface area contributed by atoms with E-state index in [2.05, 4.69) is 16.4 Å². The van der Waals surface area contributed by atoms with Gasteiger partial charge in [0.05, 0.1) is 34.9 Å². The van der Waals surface area contributed by atoms with Crippen molar-refractivity contribution >= 4 is 28.6 Å². The van der Waals surface area contributed by atoms with E-state index in [1.54, 1.807) is 30.7 Å². The number of para-hydroxylation sites is 1. The molecule has 2 aromatic rings. The smallest absolute Gasteiger partial charge is 0.262 e. The van der Waals surface area contributed by atoms with Gasteiger partial charge >= 0.3 is 0 Å². The van der Waals surface area contributed by atoms with Gasteiger partial charge in [-0.05, 0) is 38.8 Å². The Morgan fingerprint density at radius 2 is 2.03 bits per heavy atom. The summed E-state index contributed by atoms with van der Waals surface area (Å²) in [5.41, 5.74) is -0.343. The molecule has 0 radical (unpaired) electrons. The lowest BCUT2D eigenvalue weighted by atomic mass is 9.83. The Morgan fingerprint density at radius 1 is 1.33 bits per heavy atom. The fourth-order valence-corrected chi connectivity index (χ4v) is 4.89. The van der Waals surface area contributed by atoms with Crippen LogP contribution in [-0.4, -0.2) is 40.0 Å². The molecular formula is C22H28N4O3S. The first-order valence-electron chi connectivity index (χ1n) is 10.3. The number of methoxy groups -OCH3 is 1. The molecule has 1 N–H and O–H groups in total. The Labute approximate surface area is 180 Å². The Morgan fingerprint density at radius 3 is 2.70 bits per heavy atom. The average Bonchev–Trinajstić information content (AvgIpc) is 2.74. The minimum Gasteiger partial charge on any atom is -0.383 e. The highest BCUT2D eigenvalue weighted by molar-refractivity contribution is 8.00. The molecule has 0 bridgehead atoms. The lowest BCUT2D eigenvalue weighted by Crippen LogP contribution is -2.51. The van der Waals surface area contributed by atoms with Crippen LogP contribution in [0.4, 0.5) is 0 Å². The molecule has 0 saturated heterocycles. The Hall–Kier alpha value is -2.37. The molecule has 1 aromatic heterocycles. The van der Waals surface area contributed by atoms with Gasteiger partial charge in [0, 0.05) is 7.11 Å². The Kier molecular flexibility index (Phi) is 7.16. The van der Waals surface area contributed by atoms with E-state index in [-0.39, 0.29) is 17.5 Å². The van der Waals surface area contributed by atoms with Crippen molar-refractivity contribution in [3.05, 3.63) is 34.6 Å². The zero-order valence-corrected chi connectivity index (χ0v) is 18.5. The number of hydrogen-bond donors (Lipinski definition) is 1. The number of ether oxygens (including phenoxy) is 1. The molecule has 1 fully saturated rings. The van der Waals surface area contributed by atoms with Gasteiger partial charge in [0.1, 0.15) is 5.54 Å². The van der Waals surface area contributed by atoms with Gasteiger partial charge in [-0.3, -0.25) is 14.2 Å². The molecule has 1 aliphatic carbocycles. The van der Waals surface area contributed by atoms with Crippen molar-refractivity contribution in [2.75, 3.05) is 13.7 Å². The summed E-state index contributed by atoms with van der Waals surface area (Å²) in [5, 5.41) is 13.1. The number of fused-ring (bicyclic) bond motifs is 1. The van der Waals surface area contributed by atoms with Crippen molar-refractivity contribution in [1.82, 2.24) is 14.9 Å². The first kappa shape index (κ1) is 22.3. The number of hydrogen-bond acceptors (Lipinski definition) is 6. The van der Waals surface area contributed by atoms with Crippen LogP contribution in [0.5, 0.6) is 0 Å². The number of rotatable bonds is 7. The van der Waals surface area contributed by atoms with Gasteiger partial charge in [-0.25, -0.2) is 4.98 Å². The van der Waals surface area contributed by atoms with E-state index < -0.39 is 10.8 Å². The van der Waals surface area contributed by atoms with Gasteiger partial charge in [0.2, 0.25) is 5.91 Å². The Balaban J connectivity index is 1.90. The molecular weight excluding hydrogens is 400 g/mol. The van der Waals surface area contributed by atoms with E-state index >= 15 is 0 Å². The molecule has 1 aliphatic rings. The number of carbonyl (C=O) groups is 1. The number of thioether (sulfide) groups is 1. The summed E-state index contributed by atoms with van der Waals surface area (Å²) in [5.74, 6) is -0.211. The molecule has 8 heteroatoms. The monoisotopic (exact) mass is 428 g/mol. The first-order valence-corrected chi connectivity index (χ1v) is 11.2. The Bertz CT molecular complexity index is 1010. The summed E-state index contributed by atoms with van der Waals surface area (Å²) >= 11 is 1.23. The minimum atomic E-state index is -0.788. The lowest BCUT2D eigenvalue weighted by molar-refractivity contribution is -0.121. The van der Waals surface area contributed by atoms with E-state index in [1.165, 1.54) is 11.8 Å². The zero-order chi connectivity index (χ0) is 21.7. The fourth-order valence-electron chi connectivity index (χ4n) is 3.88. The molecule has 3 rings (SSSR count). The predicted molar refractivity (Wildman–Crippen MR) is 117 cm³/mol. The van der Waals surface area contributed by atoms with Crippen molar-refractivity contribution in [3.63, 3.8) is 0 Å². The molecule has 1 heterocycles. The number of nitrogens with zero attached hydrogens (tertiary/aromatic N) is 3. The highest BCUT2D eigenvalue weighted by atomic mass is 32.2. The van der Waals surface area contributed by atoms with Gasteiger partial charge in [0.25, 0.3) is 5.56 Å². The number of aromatic nitrogens is 2. The highest BCUT2D eigenvalue weighted by Crippen LogP contribution is 2.30. The quantitative estimate of drug-likeness (QED) is 0.536. The largest absolute Gasteiger partial charge is 0.383 e. The van der Waals surface area contributed by atoms with Crippen LogP contribution in [0, 0.1) is 11.3 Å². The molecule has 7 nitrogen and oxygen atoms in total. The minimum absolute atomic E-state index is 0.152. The van der Waals surface area contributed by atoms with Gasteiger partial charge in [0.15, 0.2) is 5.16 Å². The SMILES string of the molecule is COC[C@H](C)n1c(S[C@@H](C)C(=O)NC2(C#N)CCCCC2)nc2ccccc2c1=O. The molecule has 1 saturated carbocycles. The first-order chi connectivity index (χ1) is 14.4. The van der Waals surface area contributed by atoms with Crippen LogP contribution in [0.1, 0.15) is 52.0 Å². The predicted octanol–water partition coefficient (Wildman–Crippen LogP) is 3.43. The maximum atomic E-state index is 13.1. The normalized spacial score (nSPS) is 17.8. The van der Waals surface area contributed by atoms with E-state index in [0.717, 1.165) is 19.3 Å². The van der Waals surface area contributed by atoms with Gasteiger partial charge in [-0.2, -0.15) is 5.26 Å². The second kappa shape index (κ2) is 9.63. The summed E-state index contributed by atoms with van der Waals surface area (Å²) in [4.78, 5) is 30.7. The maximum Gasteiger partial charge on any atom is 0.262 e. The van der Waals surface area contributed by atoms with E-state index in [0.29, 0.717) is 35.5 Å². The zero-order valence-electron chi connectivity index (χ0n) is 17.7. The highest BCUT2D eigenvalue weighted by Gasteiger charge is 2.35. The summed E-state index contributed by atoms with van der Waals surface area (Å²) in [7, 11) is 1.59. The molecule has 2 atom stereocenters. The van der Waals surface area contributed by atoms with Crippen LogP contribution in [0.25, 0.3) is 10.9 Å². The number of nitrogens with one attached hydrogen (secondary N) is 1. The summed E-state index contributed by atoms with van der Waals surface area (Å²) in [6, 6.07) is 9.28. The van der Waals surface area contributed by atoms with E-state index in [4.69, 9.17) is 4.74 Å². The third kappa shape index (κ3) is 4.68. The summed E-state index contributed by atoms with van der Waals surface area (Å²) in [6.45, 7) is 4.02. The number of amides is 1. The molecule has 160 valence electrons. The van der Waals surface area contributed by atoms with Crippen LogP contribution in [0.2, 0.25) is 0 Å². The van der Waals surface area contributed by atoms with E-state index in [9.17, 15) is 14.9 Å².